The summed E-state index contributed by atoms with van der Waals surface area (Å²) in [6.07, 6.45) is 19.1. The van der Waals surface area contributed by atoms with E-state index in [4.69, 9.17) is 0 Å². The first-order valence-corrected chi connectivity index (χ1v) is 10.3. The van der Waals surface area contributed by atoms with Crippen LogP contribution < -0.4 is 0 Å². The molecule has 5 aliphatic rings. The van der Waals surface area contributed by atoms with Crippen molar-refractivity contribution in [3.8, 4) is 0 Å². The van der Waals surface area contributed by atoms with E-state index in [9.17, 15) is 9.90 Å². The molecule has 0 bridgehead atoms. The monoisotopic (exact) mass is 336 g/mol. The van der Waals surface area contributed by atoms with E-state index in [1.54, 1.807) is 11.1 Å². The molecule has 132 valence electrons. The molecule has 0 aliphatic heterocycles. The molecule has 0 radical (unpaired) electrons. The number of fused-ring (bicyclic) bond motifs is 5. The molecule has 1 N–H and O–H groups in total. The van der Waals surface area contributed by atoms with Crippen molar-refractivity contribution in [1.29, 1.82) is 0 Å². The van der Waals surface area contributed by atoms with Gasteiger partial charge in [0, 0.05) is 5.92 Å². The lowest BCUT2D eigenvalue weighted by Crippen LogP contribution is -2.37. The third-order valence-corrected chi connectivity index (χ3v) is 7.53. The summed E-state index contributed by atoms with van der Waals surface area (Å²) in [5, 5.41) is 9.88. The zero-order chi connectivity index (χ0) is 17.0. The second-order valence-electron chi connectivity index (χ2n) is 8.66. The molecule has 2 heteroatoms. The van der Waals surface area contributed by atoms with E-state index in [2.05, 4.69) is 18.2 Å². The van der Waals surface area contributed by atoms with Gasteiger partial charge in [0.15, 0.2) is 0 Å². The molecule has 0 aromatic carbocycles. The average molecular weight is 336 g/mol. The van der Waals surface area contributed by atoms with Crippen LogP contribution in [0, 0.1) is 23.7 Å². The molecule has 2 nitrogen and oxygen atoms in total. The van der Waals surface area contributed by atoms with Crippen molar-refractivity contribution in [2.24, 2.45) is 23.7 Å². The first-order valence-electron chi connectivity index (χ1n) is 10.3. The van der Waals surface area contributed by atoms with E-state index in [-0.39, 0.29) is 5.92 Å². The molecule has 0 saturated heterocycles. The van der Waals surface area contributed by atoms with Crippen LogP contribution in [0.2, 0.25) is 0 Å². The lowest BCUT2D eigenvalue weighted by atomic mass is 9.59. The Bertz CT molecular complexity index is 733. The largest absolute Gasteiger partial charge is 0.481 e. The second kappa shape index (κ2) is 6.00. The number of hydrogen-bond acceptors (Lipinski definition) is 1. The summed E-state index contributed by atoms with van der Waals surface area (Å²) in [6.45, 7) is 0. The molecule has 5 rings (SSSR count). The van der Waals surface area contributed by atoms with Gasteiger partial charge in [-0.05, 0) is 86.3 Å². The Hall–Kier alpha value is -1.57. The van der Waals surface area contributed by atoms with Gasteiger partial charge < -0.3 is 5.11 Å². The zero-order valence-corrected chi connectivity index (χ0v) is 15.0. The number of aliphatic carboxylic acids is 1. The minimum atomic E-state index is -0.564. The Kier molecular flexibility index (Phi) is 3.76. The topological polar surface area (TPSA) is 37.3 Å². The molecule has 5 aliphatic carbocycles. The van der Waals surface area contributed by atoms with Crippen molar-refractivity contribution in [3.05, 3.63) is 46.1 Å². The van der Waals surface area contributed by atoms with Gasteiger partial charge >= 0.3 is 5.97 Å². The number of carbonyl (C=O) groups is 1. The molecule has 25 heavy (non-hydrogen) atoms. The van der Waals surface area contributed by atoms with Crippen molar-refractivity contribution in [3.63, 3.8) is 0 Å². The molecule has 4 atom stereocenters. The number of carboxylic acids is 1. The molecule has 0 amide bonds. The smallest absolute Gasteiger partial charge is 0.307 e. The van der Waals surface area contributed by atoms with Crippen LogP contribution in [0.3, 0.4) is 0 Å². The maximum absolute atomic E-state index is 12.0. The highest BCUT2D eigenvalue weighted by molar-refractivity contribution is 5.72. The summed E-state index contributed by atoms with van der Waals surface area (Å²) < 4.78 is 0. The molecular formula is C23H28O2. The van der Waals surface area contributed by atoms with E-state index in [0.29, 0.717) is 11.8 Å². The fraction of sp³-hybridized carbons (Fsp3) is 0.609. The quantitative estimate of drug-likeness (QED) is 0.678. The van der Waals surface area contributed by atoms with Crippen molar-refractivity contribution in [2.45, 2.75) is 64.2 Å². The normalized spacial score (nSPS) is 36.9. The minimum absolute atomic E-state index is 0.164. The number of allylic oxidation sites excluding steroid dienone is 8. The van der Waals surface area contributed by atoms with Gasteiger partial charge in [0.2, 0.25) is 0 Å². The van der Waals surface area contributed by atoms with E-state index in [1.807, 2.05) is 0 Å². The number of hydrogen-bond donors (Lipinski definition) is 1. The predicted molar refractivity (Wildman–Crippen MR) is 99.0 cm³/mol. The van der Waals surface area contributed by atoms with Crippen LogP contribution in [-0.4, -0.2) is 11.1 Å². The van der Waals surface area contributed by atoms with E-state index >= 15 is 0 Å². The Balaban J connectivity index is 1.60. The third-order valence-electron chi connectivity index (χ3n) is 7.53. The van der Waals surface area contributed by atoms with E-state index < -0.39 is 5.97 Å². The highest BCUT2D eigenvalue weighted by atomic mass is 16.4. The Morgan fingerprint density at radius 3 is 2.80 bits per heavy atom. The van der Waals surface area contributed by atoms with Gasteiger partial charge in [-0.15, -0.1) is 0 Å². The molecule has 0 spiro atoms. The van der Waals surface area contributed by atoms with Gasteiger partial charge in [-0.2, -0.15) is 0 Å². The number of rotatable bonds is 1. The van der Waals surface area contributed by atoms with Crippen LogP contribution in [0.4, 0.5) is 0 Å². The van der Waals surface area contributed by atoms with E-state index in [0.717, 1.165) is 25.2 Å². The highest BCUT2D eigenvalue weighted by Crippen LogP contribution is 2.54. The summed E-state index contributed by atoms with van der Waals surface area (Å²) in [5.74, 6) is 0.712. The average Bonchev–Trinajstić information content (AvgIpc) is 2.66. The highest BCUT2D eigenvalue weighted by Gasteiger charge is 2.44. The van der Waals surface area contributed by atoms with Gasteiger partial charge in [-0.1, -0.05) is 35.8 Å². The fourth-order valence-corrected chi connectivity index (χ4v) is 6.40. The molecule has 0 heterocycles. The summed E-state index contributed by atoms with van der Waals surface area (Å²) in [6, 6.07) is 0. The molecular weight excluding hydrogens is 308 g/mol. The van der Waals surface area contributed by atoms with Crippen molar-refractivity contribution in [2.75, 3.05) is 0 Å². The maximum Gasteiger partial charge on any atom is 0.307 e. The van der Waals surface area contributed by atoms with Crippen LogP contribution >= 0.6 is 0 Å². The third kappa shape index (κ3) is 2.40. The van der Waals surface area contributed by atoms with Crippen LogP contribution in [-0.2, 0) is 4.79 Å². The Morgan fingerprint density at radius 1 is 1.00 bits per heavy atom. The van der Waals surface area contributed by atoms with Crippen molar-refractivity contribution >= 4 is 5.97 Å². The Labute approximate surface area is 150 Å². The molecule has 0 aromatic rings. The number of carboxylic acid groups (broad SMARTS) is 1. The Morgan fingerprint density at radius 2 is 1.92 bits per heavy atom. The molecule has 1 saturated carbocycles. The van der Waals surface area contributed by atoms with Crippen LogP contribution in [0.5, 0.6) is 0 Å². The second-order valence-corrected chi connectivity index (χ2v) is 8.66. The predicted octanol–water partition coefficient (Wildman–Crippen LogP) is 5.58. The first kappa shape index (κ1) is 15.7. The fourth-order valence-electron chi connectivity index (χ4n) is 6.40. The van der Waals surface area contributed by atoms with Gasteiger partial charge in [0.05, 0.1) is 5.92 Å². The maximum atomic E-state index is 12.0. The molecule has 0 aromatic heterocycles. The van der Waals surface area contributed by atoms with Crippen molar-refractivity contribution in [1.82, 2.24) is 0 Å². The summed E-state index contributed by atoms with van der Waals surface area (Å²) >= 11 is 0. The van der Waals surface area contributed by atoms with Gasteiger partial charge in [-0.25, -0.2) is 0 Å². The van der Waals surface area contributed by atoms with Gasteiger partial charge in [0.25, 0.3) is 0 Å². The minimum Gasteiger partial charge on any atom is -0.481 e. The SMILES string of the molecule is O=C(O)C1CC2C(=C3CCCCC31)C=CC1=C2CCC2CCCC=C12. The van der Waals surface area contributed by atoms with E-state index in [1.165, 1.54) is 61.7 Å². The summed E-state index contributed by atoms with van der Waals surface area (Å²) in [4.78, 5) is 12.0. The van der Waals surface area contributed by atoms with Crippen LogP contribution in [0.25, 0.3) is 0 Å². The lowest BCUT2D eigenvalue weighted by Gasteiger charge is -2.44. The zero-order valence-electron chi connectivity index (χ0n) is 15.0. The van der Waals surface area contributed by atoms with Crippen LogP contribution in [0.1, 0.15) is 64.2 Å². The van der Waals surface area contributed by atoms with Gasteiger partial charge in [0.1, 0.15) is 0 Å². The molecule has 4 unspecified atom stereocenters. The summed E-state index contributed by atoms with van der Waals surface area (Å²) in [5.41, 5.74) is 7.66. The summed E-state index contributed by atoms with van der Waals surface area (Å²) in [7, 11) is 0. The molecule has 1 fully saturated rings. The lowest BCUT2D eigenvalue weighted by molar-refractivity contribution is -0.144. The van der Waals surface area contributed by atoms with Gasteiger partial charge in [-0.3, -0.25) is 4.79 Å². The standard InChI is InChI=1S/C23H28O2/c24-23(25)22-13-21-19-10-9-14-5-1-2-6-15(14)18(19)11-12-20(21)16-7-3-4-8-17(16)22/h6,11-12,14,17,21-22H,1-5,7-10,13H2,(H,24,25). The van der Waals surface area contributed by atoms with Crippen molar-refractivity contribution < 1.29 is 9.90 Å². The first-order chi connectivity index (χ1) is 12.2. The van der Waals surface area contributed by atoms with Crippen LogP contribution in [0.15, 0.2) is 46.1 Å².